The van der Waals surface area contributed by atoms with Gasteiger partial charge in [-0.3, -0.25) is 0 Å². The summed E-state index contributed by atoms with van der Waals surface area (Å²) in [4.78, 5) is 0. The normalized spacial score (nSPS) is 8.50. The third-order valence-electron chi connectivity index (χ3n) is 1.22. The third kappa shape index (κ3) is 0.740. The summed E-state index contributed by atoms with van der Waals surface area (Å²) in [5.41, 5.74) is 2.85. The lowest BCUT2D eigenvalue weighted by Gasteiger charge is -2.10. The number of hydrogen-bond acceptors (Lipinski definition) is 0. The lowest BCUT2D eigenvalue weighted by Crippen LogP contribution is -1.85. The monoisotopic (exact) mass is 144 g/mol. The molecule has 0 unspecified atom stereocenters. The van der Waals surface area contributed by atoms with E-state index < -0.39 is 0 Å². The fourth-order valence-electron chi connectivity index (χ4n) is 0.663. The molecule has 0 nitrogen and oxygen atoms in total. The van der Waals surface area contributed by atoms with Crippen LogP contribution in [0.2, 0.25) is 0 Å². The molecule has 2 aliphatic carbocycles. The first kappa shape index (κ1) is 7.92. The SMILES string of the molecule is S.S.c1cc2ccc1-2. The number of rotatable bonds is 0. The minimum atomic E-state index is 0. The molecule has 0 aromatic heterocycles. The quantitative estimate of drug-likeness (QED) is 0.529. The van der Waals surface area contributed by atoms with Crippen LogP contribution in [0, 0.1) is 0 Å². The predicted molar refractivity (Wildman–Crippen MR) is 46.2 cm³/mol. The van der Waals surface area contributed by atoms with Crippen molar-refractivity contribution < 1.29 is 0 Å². The van der Waals surface area contributed by atoms with Gasteiger partial charge in [0.15, 0.2) is 0 Å². The zero-order valence-corrected chi connectivity index (χ0v) is 6.31. The van der Waals surface area contributed by atoms with E-state index in [1.165, 1.54) is 11.1 Å². The highest BCUT2D eigenvalue weighted by Crippen LogP contribution is 2.29. The summed E-state index contributed by atoms with van der Waals surface area (Å²) < 4.78 is 0. The second-order valence-electron chi connectivity index (χ2n) is 1.58. The van der Waals surface area contributed by atoms with Gasteiger partial charge in [0, 0.05) is 0 Å². The Balaban J connectivity index is 0.000000245. The Morgan fingerprint density at radius 3 is 0.875 bits per heavy atom. The van der Waals surface area contributed by atoms with Crippen LogP contribution in [0.15, 0.2) is 24.3 Å². The zero-order chi connectivity index (χ0) is 3.98. The molecule has 0 amide bonds. The summed E-state index contributed by atoms with van der Waals surface area (Å²) >= 11 is 0. The Morgan fingerprint density at radius 1 is 0.625 bits per heavy atom. The van der Waals surface area contributed by atoms with Crippen LogP contribution in [0.1, 0.15) is 0 Å². The van der Waals surface area contributed by atoms with Crippen LogP contribution in [0.5, 0.6) is 0 Å². The van der Waals surface area contributed by atoms with Gasteiger partial charge in [-0.25, -0.2) is 0 Å². The molecule has 0 aromatic rings. The van der Waals surface area contributed by atoms with Crippen molar-refractivity contribution >= 4 is 27.0 Å². The largest absolute Gasteiger partial charge is 0.197 e. The molecule has 0 saturated carbocycles. The van der Waals surface area contributed by atoms with Gasteiger partial charge in [0.25, 0.3) is 0 Å². The lowest BCUT2D eigenvalue weighted by molar-refractivity contribution is 1.55. The second kappa shape index (κ2) is 2.46. The molecular formula is C6H8S2. The fourth-order valence-corrected chi connectivity index (χ4v) is 0.663. The lowest BCUT2D eigenvalue weighted by atomic mass is 9.95. The molecule has 2 heteroatoms. The van der Waals surface area contributed by atoms with Gasteiger partial charge in [0.1, 0.15) is 0 Å². The van der Waals surface area contributed by atoms with Crippen LogP contribution in [-0.2, 0) is 0 Å². The molecule has 0 radical (unpaired) electrons. The average Bonchev–Trinajstić information content (AvgIpc) is 1.54. The standard InChI is InChI=1S/C6H4.2H2S/c1-2-6-4-3-5(1)6;;/h1-4H;2*1H2. The Morgan fingerprint density at radius 2 is 0.875 bits per heavy atom. The van der Waals surface area contributed by atoms with E-state index in [0.29, 0.717) is 0 Å². The summed E-state index contributed by atoms with van der Waals surface area (Å²) in [5.74, 6) is 0. The van der Waals surface area contributed by atoms with Crippen molar-refractivity contribution in [1.82, 2.24) is 0 Å². The molecule has 0 fully saturated rings. The molecule has 0 N–H and O–H groups in total. The van der Waals surface area contributed by atoms with Crippen molar-refractivity contribution in [2.45, 2.75) is 0 Å². The van der Waals surface area contributed by atoms with Crippen molar-refractivity contribution in [3.63, 3.8) is 0 Å². The highest BCUT2D eigenvalue weighted by Gasteiger charge is 2.03. The van der Waals surface area contributed by atoms with E-state index in [1.54, 1.807) is 0 Å². The first-order valence-electron chi connectivity index (χ1n) is 2.07. The van der Waals surface area contributed by atoms with Gasteiger partial charge >= 0.3 is 0 Å². The summed E-state index contributed by atoms with van der Waals surface area (Å²) in [6.07, 6.45) is 0. The summed E-state index contributed by atoms with van der Waals surface area (Å²) in [5, 5.41) is 0. The van der Waals surface area contributed by atoms with Gasteiger partial charge in [-0.15, -0.1) is 0 Å². The fraction of sp³-hybridized carbons (Fsp3) is 0. The van der Waals surface area contributed by atoms with Crippen molar-refractivity contribution in [3.05, 3.63) is 24.3 Å². The van der Waals surface area contributed by atoms with Gasteiger partial charge in [-0.1, -0.05) is 24.3 Å². The average molecular weight is 144 g/mol. The molecule has 0 aromatic carbocycles. The molecular weight excluding hydrogens is 136 g/mol. The van der Waals surface area contributed by atoms with Crippen LogP contribution in [0.25, 0.3) is 11.1 Å². The summed E-state index contributed by atoms with van der Waals surface area (Å²) in [6.45, 7) is 0. The van der Waals surface area contributed by atoms with Crippen LogP contribution in [-0.4, -0.2) is 0 Å². The van der Waals surface area contributed by atoms with Crippen molar-refractivity contribution in [2.24, 2.45) is 0 Å². The minimum Gasteiger partial charge on any atom is -0.197 e. The van der Waals surface area contributed by atoms with E-state index in [4.69, 9.17) is 0 Å². The Hall–Kier alpha value is -0.0800. The third-order valence-corrected chi connectivity index (χ3v) is 1.22. The first-order valence-corrected chi connectivity index (χ1v) is 2.07. The second-order valence-corrected chi connectivity index (χ2v) is 1.58. The van der Waals surface area contributed by atoms with Crippen molar-refractivity contribution in [2.75, 3.05) is 0 Å². The Labute approximate surface area is 62.8 Å². The Bertz CT molecular complexity index is 145. The number of benzene rings is 1. The smallest absolute Gasteiger partial charge is 0.0184 e. The molecule has 0 atom stereocenters. The van der Waals surface area contributed by atoms with Crippen LogP contribution >= 0.6 is 27.0 Å². The molecule has 8 heavy (non-hydrogen) atoms. The maximum atomic E-state index is 2.12. The molecule has 44 valence electrons. The van der Waals surface area contributed by atoms with Gasteiger partial charge in [0.2, 0.25) is 0 Å². The van der Waals surface area contributed by atoms with Gasteiger partial charge in [-0.05, 0) is 11.1 Å². The van der Waals surface area contributed by atoms with Crippen molar-refractivity contribution in [1.29, 1.82) is 0 Å². The molecule has 0 spiro atoms. The molecule has 2 rings (SSSR count). The Kier molecular flexibility index (Phi) is 2.44. The first-order chi connectivity index (χ1) is 2.97. The van der Waals surface area contributed by atoms with Gasteiger partial charge in [-0.2, -0.15) is 27.0 Å². The maximum absolute atomic E-state index is 2.12. The maximum Gasteiger partial charge on any atom is -0.0184 e. The van der Waals surface area contributed by atoms with Crippen LogP contribution in [0.4, 0.5) is 0 Å². The summed E-state index contributed by atoms with van der Waals surface area (Å²) in [6, 6.07) is 8.48. The van der Waals surface area contributed by atoms with Crippen molar-refractivity contribution in [3.8, 4) is 11.1 Å². The van der Waals surface area contributed by atoms with E-state index in [1.807, 2.05) is 0 Å². The molecule has 0 saturated heterocycles. The predicted octanol–water partition coefficient (Wildman–Crippen LogP) is 1.89. The molecule has 0 heterocycles. The molecule has 2 aliphatic rings. The van der Waals surface area contributed by atoms with E-state index in [9.17, 15) is 0 Å². The van der Waals surface area contributed by atoms with Crippen LogP contribution < -0.4 is 0 Å². The zero-order valence-electron chi connectivity index (χ0n) is 4.31. The van der Waals surface area contributed by atoms with Crippen LogP contribution in [0.3, 0.4) is 0 Å². The minimum absolute atomic E-state index is 0. The number of fused-ring (bicyclic) bond motifs is 1. The van der Waals surface area contributed by atoms with E-state index >= 15 is 0 Å². The van der Waals surface area contributed by atoms with E-state index in [2.05, 4.69) is 24.3 Å². The summed E-state index contributed by atoms with van der Waals surface area (Å²) in [7, 11) is 0. The van der Waals surface area contributed by atoms with E-state index in [0.717, 1.165) is 0 Å². The highest BCUT2D eigenvalue weighted by molar-refractivity contribution is 7.59. The highest BCUT2D eigenvalue weighted by atomic mass is 32.1. The molecule has 0 bridgehead atoms. The van der Waals surface area contributed by atoms with Gasteiger partial charge < -0.3 is 0 Å². The molecule has 0 aliphatic heterocycles. The van der Waals surface area contributed by atoms with Gasteiger partial charge in [0.05, 0.1) is 0 Å². The number of hydrogen-bond donors (Lipinski definition) is 0. The van der Waals surface area contributed by atoms with E-state index in [-0.39, 0.29) is 27.0 Å². The topological polar surface area (TPSA) is 0 Å².